The van der Waals surface area contributed by atoms with Crippen molar-refractivity contribution in [3.63, 3.8) is 0 Å². The largest absolute Gasteiger partial charge is 0.376 e. The molecule has 1 aromatic rings. The molecular weight excluding hydrogens is 194 g/mol. The van der Waals surface area contributed by atoms with E-state index in [9.17, 15) is 0 Å². The van der Waals surface area contributed by atoms with Gasteiger partial charge in [0, 0.05) is 12.2 Å². The van der Waals surface area contributed by atoms with Crippen LogP contribution in [0.3, 0.4) is 0 Å². The van der Waals surface area contributed by atoms with Crippen LogP contribution < -0.4 is 16.8 Å². The summed E-state index contributed by atoms with van der Waals surface area (Å²) in [7, 11) is 0. The smallest absolute Gasteiger partial charge is 0.168 e. The average molecular weight is 207 g/mol. The minimum atomic E-state index is 0.273. The molecule has 4 heteroatoms. The van der Waals surface area contributed by atoms with Gasteiger partial charge in [-0.05, 0) is 29.9 Å². The van der Waals surface area contributed by atoms with E-state index in [4.69, 9.17) is 23.7 Å². The lowest BCUT2D eigenvalue weighted by Crippen LogP contribution is -2.18. The number of nitrogens with two attached hydrogens (primary N) is 2. The van der Waals surface area contributed by atoms with Crippen molar-refractivity contribution in [3.8, 4) is 0 Å². The lowest BCUT2D eigenvalue weighted by atomic mass is 10.2. The first kappa shape index (κ1) is 10.7. The highest BCUT2D eigenvalue weighted by molar-refractivity contribution is 7.80. The first-order valence-corrected chi connectivity index (χ1v) is 4.66. The summed E-state index contributed by atoms with van der Waals surface area (Å²) >= 11 is 4.72. The van der Waals surface area contributed by atoms with Crippen LogP contribution in [-0.2, 0) is 0 Å². The molecule has 0 saturated heterocycles. The summed E-state index contributed by atoms with van der Waals surface area (Å²) in [5, 5.41) is 3.12. The van der Waals surface area contributed by atoms with Crippen LogP contribution in [0.2, 0.25) is 0 Å². The minimum absolute atomic E-state index is 0.273. The maximum absolute atomic E-state index is 5.34. The minimum Gasteiger partial charge on any atom is -0.376 e. The summed E-state index contributed by atoms with van der Waals surface area (Å²) < 4.78 is 0. The third-order valence-corrected chi connectivity index (χ3v) is 1.73. The molecule has 14 heavy (non-hydrogen) atoms. The standard InChI is InChI=1S/C10H13N3S/c11-7-1-2-8-3-5-9(6-4-8)13-10(12)14/h1-6H,7,11H2,(H3,12,13,14). The Balaban J connectivity index is 2.68. The summed E-state index contributed by atoms with van der Waals surface area (Å²) in [6.45, 7) is 0.548. The van der Waals surface area contributed by atoms with E-state index in [0.717, 1.165) is 11.3 Å². The van der Waals surface area contributed by atoms with Crippen molar-refractivity contribution in [3.05, 3.63) is 35.9 Å². The second kappa shape index (κ2) is 5.36. The Bertz CT molecular complexity index is 330. The maximum Gasteiger partial charge on any atom is 0.168 e. The summed E-state index contributed by atoms with van der Waals surface area (Å²) in [4.78, 5) is 0. The highest BCUT2D eigenvalue weighted by Gasteiger charge is 1.91. The predicted molar refractivity (Wildman–Crippen MR) is 64.9 cm³/mol. The van der Waals surface area contributed by atoms with Crippen molar-refractivity contribution in [2.24, 2.45) is 11.5 Å². The molecule has 5 N–H and O–H groups in total. The molecule has 0 atom stereocenters. The third kappa shape index (κ3) is 3.55. The Labute approximate surface area is 88.8 Å². The van der Waals surface area contributed by atoms with Gasteiger partial charge in [-0.1, -0.05) is 24.3 Å². The van der Waals surface area contributed by atoms with E-state index in [-0.39, 0.29) is 5.11 Å². The van der Waals surface area contributed by atoms with Gasteiger partial charge >= 0.3 is 0 Å². The molecule has 0 radical (unpaired) electrons. The molecule has 0 bridgehead atoms. The summed E-state index contributed by atoms with van der Waals surface area (Å²) in [6.07, 6.45) is 3.86. The van der Waals surface area contributed by atoms with Gasteiger partial charge < -0.3 is 16.8 Å². The molecule has 0 saturated carbocycles. The van der Waals surface area contributed by atoms with E-state index in [0.29, 0.717) is 6.54 Å². The van der Waals surface area contributed by atoms with Crippen molar-refractivity contribution >= 4 is 29.1 Å². The van der Waals surface area contributed by atoms with Crippen molar-refractivity contribution in [2.75, 3.05) is 11.9 Å². The fourth-order valence-corrected chi connectivity index (χ4v) is 1.14. The molecule has 0 aliphatic carbocycles. The molecule has 1 rings (SSSR count). The van der Waals surface area contributed by atoms with E-state index in [1.165, 1.54) is 0 Å². The van der Waals surface area contributed by atoms with Gasteiger partial charge in [-0.3, -0.25) is 0 Å². The molecule has 0 spiro atoms. The van der Waals surface area contributed by atoms with Gasteiger partial charge in [-0.25, -0.2) is 0 Å². The normalized spacial score (nSPS) is 10.4. The van der Waals surface area contributed by atoms with E-state index < -0.39 is 0 Å². The number of benzene rings is 1. The van der Waals surface area contributed by atoms with Gasteiger partial charge in [0.1, 0.15) is 0 Å². The molecule has 0 amide bonds. The lowest BCUT2D eigenvalue weighted by Gasteiger charge is -2.03. The first-order chi connectivity index (χ1) is 6.72. The molecule has 0 aliphatic heterocycles. The van der Waals surface area contributed by atoms with E-state index in [1.807, 2.05) is 36.4 Å². The zero-order valence-electron chi connectivity index (χ0n) is 7.73. The fraction of sp³-hybridized carbons (Fsp3) is 0.100. The number of rotatable bonds is 3. The van der Waals surface area contributed by atoms with Gasteiger partial charge in [0.25, 0.3) is 0 Å². The molecular formula is C10H13N3S. The van der Waals surface area contributed by atoms with Gasteiger partial charge in [-0.15, -0.1) is 0 Å². The predicted octanol–water partition coefficient (Wildman–Crippen LogP) is 1.31. The van der Waals surface area contributed by atoms with Crippen LogP contribution >= 0.6 is 12.2 Å². The topological polar surface area (TPSA) is 64.1 Å². The Morgan fingerprint density at radius 1 is 1.36 bits per heavy atom. The lowest BCUT2D eigenvalue weighted by molar-refractivity contribution is 1.26. The number of anilines is 1. The number of hydrogen-bond donors (Lipinski definition) is 3. The monoisotopic (exact) mass is 207 g/mol. The van der Waals surface area contributed by atoms with Gasteiger partial charge in [-0.2, -0.15) is 0 Å². The molecule has 0 aromatic heterocycles. The zero-order valence-corrected chi connectivity index (χ0v) is 8.55. The van der Waals surface area contributed by atoms with Gasteiger partial charge in [0.15, 0.2) is 5.11 Å². The van der Waals surface area contributed by atoms with Crippen LogP contribution in [0.5, 0.6) is 0 Å². The van der Waals surface area contributed by atoms with E-state index >= 15 is 0 Å². The van der Waals surface area contributed by atoms with Crippen molar-refractivity contribution in [1.29, 1.82) is 0 Å². The van der Waals surface area contributed by atoms with E-state index in [2.05, 4.69) is 5.32 Å². The molecule has 3 nitrogen and oxygen atoms in total. The quantitative estimate of drug-likeness (QED) is 0.654. The highest BCUT2D eigenvalue weighted by Crippen LogP contribution is 2.10. The maximum atomic E-state index is 5.34. The number of nitrogens with one attached hydrogen (secondary N) is 1. The Morgan fingerprint density at radius 2 is 2.00 bits per heavy atom. The van der Waals surface area contributed by atoms with Crippen LogP contribution in [-0.4, -0.2) is 11.7 Å². The second-order valence-electron chi connectivity index (χ2n) is 2.75. The van der Waals surface area contributed by atoms with Crippen LogP contribution in [0.1, 0.15) is 5.56 Å². The van der Waals surface area contributed by atoms with Gasteiger partial charge in [0.05, 0.1) is 0 Å². The van der Waals surface area contributed by atoms with Gasteiger partial charge in [0.2, 0.25) is 0 Å². The number of hydrogen-bond acceptors (Lipinski definition) is 2. The summed E-state index contributed by atoms with van der Waals surface area (Å²) in [5.74, 6) is 0. The van der Waals surface area contributed by atoms with Crippen molar-refractivity contribution in [2.45, 2.75) is 0 Å². The molecule has 1 aromatic carbocycles. The number of thiocarbonyl (C=S) groups is 1. The van der Waals surface area contributed by atoms with Crippen LogP contribution in [0.4, 0.5) is 5.69 Å². The Kier molecular flexibility index (Phi) is 4.10. The Hall–Kier alpha value is -1.39. The molecule has 0 unspecified atom stereocenters. The van der Waals surface area contributed by atoms with Crippen LogP contribution in [0, 0.1) is 0 Å². The second-order valence-corrected chi connectivity index (χ2v) is 3.19. The fourth-order valence-electron chi connectivity index (χ4n) is 1.02. The molecule has 0 fully saturated rings. The molecule has 0 aliphatic rings. The van der Waals surface area contributed by atoms with E-state index in [1.54, 1.807) is 0 Å². The third-order valence-electron chi connectivity index (χ3n) is 1.62. The molecule has 0 heterocycles. The van der Waals surface area contributed by atoms with Crippen LogP contribution in [0.25, 0.3) is 6.08 Å². The Morgan fingerprint density at radius 3 is 2.50 bits per heavy atom. The SMILES string of the molecule is NCC=Cc1ccc(NC(N)=S)cc1. The average Bonchev–Trinajstić information content (AvgIpc) is 2.16. The summed E-state index contributed by atoms with van der Waals surface area (Å²) in [5.41, 5.74) is 12.7. The van der Waals surface area contributed by atoms with Crippen molar-refractivity contribution in [1.82, 2.24) is 0 Å². The van der Waals surface area contributed by atoms with Crippen molar-refractivity contribution < 1.29 is 0 Å². The zero-order chi connectivity index (χ0) is 10.4. The van der Waals surface area contributed by atoms with Crippen LogP contribution in [0.15, 0.2) is 30.3 Å². The first-order valence-electron chi connectivity index (χ1n) is 4.25. The highest BCUT2D eigenvalue weighted by atomic mass is 32.1. The molecule has 74 valence electrons. The summed E-state index contributed by atoms with van der Waals surface area (Å²) in [6, 6.07) is 7.75.